The Kier molecular flexibility index (Phi) is 5.00. The van der Waals surface area contributed by atoms with Crippen LogP contribution in [0.2, 0.25) is 5.02 Å². The van der Waals surface area contributed by atoms with Crippen molar-refractivity contribution in [3.8, 4) is 5.75 Å². The molecule has 2 rings (SSSR count). The fourth-order valence-electron chi connectivity index (χ4n) is 1.58. The van der Waals surface area contributed by atoms with Crippen LogP contribution in [0.15, 0.2) is 29.6 Å². The van der Waals surface area contributed by atoms with Crippen LogP contribution in [0.3, 0.4) is 0 Å². The van der Waals surface area contributed by atoms with Crippen LogP contribution < -0.4 is 15.8 Å². The summed E-state index contributed by atoms with van der Waals surface area (Å²) in [6.07, 6.45) is 0. The molecule has 0 bridgehead atoms. The predicted molar refractivity (Wildman–Crippen MR) is 83.0 cm³/mol. The third-order valence-corrected chi connectivity index (χ3v) is 4.30. The number of halogens is 1. The minimum absolute atomic E-state index is 0.205. The number of nitrogens with two attached hydrogens (primary N) is 1. The fourth-order valence-corrected chi connectivity index (χ4v) is 2.76. The van der Waals surface area contributed by atoms with Gasteiger partial charge in [0.15, 0.2) is 0 Å². The van der Waals surface area contributed by atoms with Crippen molar-refractivity contribution >= 4 is 34.5 Å². The third-order valence-electron chi connectivity index (χ3n) is 2.60. The average molecular weight is 311 g/mol. The van der Waals surface area contributed by atoms with Crippen molar-refractivity contribution in [2.75, 3.05) is 18.5 Å². The molecule has 1 aromatic heterocycles. The second-order valence-corrected chi connectivity index (χ2v) is 5.44. The van der Waals surface area contributed by atoms with Crippen LogP contribution in [0.25, 0.3) is 0 Å². The highest BCUT2D eigenvalue weighted by Crippen LogP contribution is 2.28. The van der Waals surface area contributed by atoms with Gasteiger partial charge in [0.05, 0.1) is 5.02 Å². The summed E-state index contributed by atoms with van der Waals surface area (Å²) in [5, 5.41) is 5.17. The number of anilines is 1. The number of thiophene rings is 1. The lowest BCUT2D eigenvalue weighted by Crippen LogP contribution is -2.11. The van der Waals surface area contributed by atoms with Gasteiger partial charge in [-0.1, -0.05) is 11.6 Å². The molecule has 0 aliphatic heterocycles. The Hall–Kier alpha value is -1.56. The molecular formula is C14H15ClN2O2S. The standard InChI is InChI=1S/C14H15ClN2O2S/c1-9-8-20-13(12(9)15)14(18)17-10-2-4-11(5-3-10)19-7-6-16/h2-5,8H,6-7,16H2,1H3,(H,17,18). The van der Waals surface area contributed by atoms with Crippen LogP contribution in [0, 0.1) is 6.92 Å². The van der Waals surface area contributed by atoms with Crippen molar-refractivity contribution in [2.24, 2.45) is 5.73 Å². The SMILES string of the molecule is Cc1csc(C(=O)Nc2ccc(OCCN)cc2)c1Cl. The Balaban J connectivity index is 2.03. The molecular weight excluding hydrogens is 296 g/mol. The quantitative estimate of drug-likeness (QED) is 0.890. The molecule has 1 aromatic carbocycles. The number of amides is 1. The summed E-state index contributed by atoms with van der Waals surface area (Å²) >= 11 is 7.41. The van der Waals surface area contributed by atoms with E-state index in [0.29, 0.717) is 28.7 Å². The normalized spacial score (nSPS) is 10.3. The first kappa shape index (κ1) is 14.8. The van der Waals surface area contributed by atoms with E-state index in [4.69, 9.17) is 22.1 Å². The summed E-state index contributed by atoms with van der Waals surface area (Å²) in [6, 6.07) is 7.12. The van der Waals surface area contributed by atoms with Crippen molar-refractivity contribution in [3.05, 3.63) is 45.1 Å². The molecule has 4 nitrogen and oxygen atoms in total. The van der Waals surface area contributed by atoms with Gasteiger partial charge < -0.3 is 15.8 Å². The van der Waals surface area contributed by atoms with Crippen molar-refractivity contribution < 1.29 is 9.53 Å². The Morgan fingerprint density at radius 3 is 2.65 bits per heavy atom. The van der Waals surface area contributed by atoms with Crippen LogP contribution >= 0.6 is 22.9 Å². The average Bonchev–Trinajstić information content (AvgIpc) is 2.78. The lowest BCUT2D eigenvalue weighted by Gasteiger charge is -2.07. The highest BCUT2D eigenvalue weighted by atomic mass is 35.5. The van der Waals surface area contributed by atoms with Crippen LogP contribution in [0.5, 0.6) is 5.75 Å². The van der Waals surface area contributed by atoms with Gasteiger partial charge >= 0.3 is 0 Å². The van der Waals surface area contributed by atoms with E-state index in [1.807, 2.05) is 12.3 Å². The summed E-state index contributed by atoms with van der Waals surface area (Å²) in [4.78, 5) is 12.6. The maximum absolute atomic E-state index is 12.1. The van der Waals surface area contributed by atoms with E-state index in [9.17, 15) is 4.79 Å². The number of carbonyl (C=O) groups excluding carboxylic acids is 1. The van der Waals surface area contributed by atoms with Crippen molar-refractivity contribution in [2.45, 2.75) is 6.92 Å². The lowest BCUT2D eigenvalue weighted by atomic mass is 10.3. The van der Waals surface area contributed by atoms with Crippen LogP contribution in [0.4, 0.5) is 5.69 Å². The summed E-state index contributed by atoms with van der Waals surface area (Å²) in [5.41, 5.74) is 6.96. The largest absolute Gasteiger partial charge is 0.492 e. The van der Waals surface area contributed by atoms with E-state index in [1.54, 1.807) is 24.3 Å². The molecule has 0 saturated heterocycles. The molecule has 1 amide bonds. The first-order chi connectivity index (χ1) is 9.61. The molecule has 0 spiro atoms. The molecule has 0 unspecified atom stereocenters. The summed E-state index contributed by atoms with van der Waals surface area (Å²) < 4.78 is 5.37. The Morgan fingerprint density at radius 2 is 2.10 bits per heavy atom. The summed E-state index contributed by atoms with van der Waals surface area (Å²) in [6.45, 7) is 2.81. The van der Waals surface area contributed by atoms with E-state index in [-0.39, 0.29) is 5.91 Å². The molecule has 0 aliphatic carbocycles. The molecule has 106 valence electrons. The Labute approximate surface area is 126 Å². The summed E-state index contributed by atoms with van der Waals surface area (Å²) in [7, 11) is 0. The van der Waals surface area contributed by atoms with Gasteiger partial charge in [0.1, 0.15) is 17.2 Å². The molecule has 0 radical (unpaired) electrons. The number of nitrogens with one attached hydrogen (secondary N) is 1. The van der Waals surface area contributed by atoms with Gasteiger partial charge in [0.25, 0.3) is 5.91 Å². The zero-order valence-corrected chi connectivity index (χ0v) is 12.6. The zero-order valence-electron chi connectivity index (χ0n) is 11.0. The first-order valence-corrected chi connectivity index (χ1v) is 7.35. The van der Waals surface area contributed by atoms with Crippen LogP contribution in [-0.4, -0.2) is 19.1 Å². The topological polar surface area (TPSA) is 64.3 Å². The molecule has 3 N–H and O–H groups in total. The van der Waals surface area contributed by atoms with Gasteiger partial charge in [-0.05, 0) is 42.1 Å². The Bertz CT molecular complexity index is 596. The number of benzene rings is 1. The number of rotatable bonds is 5. The van der Waals surface area contributed by atoms with Crippen LogP contribution in [0.1, 0.15) is 15.2 Å². The van der Waals surface area contributed by atoms with Crippen molar-refractivity contribution in [3.63, 3.8) is 0 Å². The maximum atomic E-state index is 12.1. The second-order valence-electron chi connectivity index (χ2n) is 4.18. The van der Waals surface area contributed by atoms with E-state index >= 15 is 0 Å². The minimum atomic E-state index is -0.205. The van der Waals surface area contributed by atoms with Crippen molar-refractivity contribution in [1.82, 2.24) is 0 Å². The number of aryl methyl sites for hydroxylation is 1. The second kappa shape index (κ2) is 6.74. The number of hydrogen-bond donors (Lipinski definition) is 2. The minimum Gasteiger partial charge on any atom is -0.492 e. The fraction of sp³-hybridized carbons (Fsp3) is 0.214. The molecule has 0 fully saturated rings. The predicted octanol–water partition coefficient (Wildman–Crippen LogP) is 3.30. The molecule has 6 heteroatoms. The lowest BCUT2D eigenvalue weighted by molar-refractivity contribution is 0.103. The number of carbonyl (C=O) groups is 1. The molecule has 0 saturated carbocycles. The van der Waals surface area contributed by atoms with Gasteiger partial charge in [-0.3, -0.25) is 4.79 Å². The smallest absolute Gasteiger partial charge is 0.267 e. The highest BCUT2D eigenvalue weighted by Gasteiger charge is 2.14. The monoisotopic (exact) mass is 310 g/mol. The highest BCUT2D eigenvalue weighted by molar-refractivity contribution is 7.13. The number of ether oxygens (including phenoxy) is 1. The van der Waals surface area contributed by atoms with Crippen LogP contribution in [-0.2, 0) is 0 Å². The van der Waals surface area contributed by atoms with Crippen molar-refractivity contribution in [1.29, 1.82) is 0 Å². The number of hydrogen-bond acceptors (Lipinski definition) is 4. The first-order valence-electron chi connectivity index (χ1n) is 6.09. The molecule has 0 atom stereocenters. The van der Waals surface area contributed by atoms with Gasteiger partial charge in [-0.25, -0.2) is 0 Å². The van der Waals surface area contributed by atoms with Gasteiger partial charge in [0, 0.05) is 12.2 Å². The van der Waals surface area contributed by atoms with E-state index in [2.05, 4.69) is 5.32 Å². The summed E-state index contributed by atoms with van der Waals surface area (Å²) in [5.74, 6) is 0.516. The van der Waals surface area contributed by atoms with Gasteiger partial charge in [0.2, 0.25) is 0 Å². The van der Waals surface area contributed by atoms with E-state index in [1.165, 1.54) is 11.3 Å². The van der Waals surface area contributed by atoms with Gasteiger partial charge in [-0.15, -0.1) is 11.3 Å². The molecule has 1 heterocycles. The third kappa shape index (κ3) is 3.50. The zero-order chi connectivity index (χ0) is 14.5. The molecule has 2 aromatic rings. The molecule has 0 aliphatic rings. The molecule has 20 heavy (non-hydrogen) atoms. The van der Waals surface area contributed by atoms with E-state index in [0.717, 1.165) is 11.3 Å². The maximum Gasteiger partial charge on any atom is 0.267 e. The Morgan fingerprint density at radius 1 is 1.40 bits per heavy atom. The van der Waals surface area contributed by atoms with E-state index < -0.39 is 0 Å². The van der Waals surface area contributed by atoms with Gasteiger partial charge in [-0.2, -0.15) is 0 Å².